The molecular formula is C46H67F2N3O3S. The Balaban J connectivity index is 0.00000236. The Morgan fingerprint density at radius 2 is 1.80 bits per heavy atom. The highest BCUT2D eigenvalue weighted by Gasteiger charge is 2.30. The van der Waals surface area contributed by atoms with Gasteiger partial charge in [-0.15, -0.1) is 11.3 Å². The highest BCUT2D eigenvalue weighted by molar-refractivity contribution is 7.19. The van der Waals surface area contributed by atoms with Crippen LogP contribution >= 0.6 is 11.3 Å². The molecule has 1 aromatic heterocycles. The van der Waals surface area contributed by atoms with E-state index in [-0.39, 0.29) is 42.2 Å². The molecule has 3 rings (SSSR count). The number of allylic oxidation sites excluding steroid dienone is 7. The van der Waals surface area contributed by atoms with Gasteiger partial charge in [0.25, 0.3) is 0 Å². The number of aryl methyl sites for hydroxylation is 1. The summed E-state index contributed by atoms with van der Waals surface area (Å²) < 4.78 is 43.9. The Labute approximate surface area is 335 Å². The van der Waals surface area contributed by atoms with E-state index in [2.05, 4.69) is 72.6 Å². The van der Waals surface area contributed by atoms with Crippen molar-refractivity contribution < 1.29 is 23.0 Å². The number of aliphatic imine (C=N–C) groups is 1. The maximum Gasteiger partial charge on any atom is 0.206 e. The second kappa shape index (κ2) is 23.3. The second-order valence-electron chi connectivity index (χ2n) is 14.8. The summed E-state index contributed by atoms with van der Waals surface area (Å²) in [4.78, 5) is 17.7. The summed E-state index contributed by atoms with van der Waals surface area (Å²) in [5, 5.41) is 10.4. The SMILES string of the molecule is C.C=C(/N=C1/C=C(c2ccc(F)c3sc(C)c(C#N)c23)C(F)=C/C1=C(/C)N(CC)C(CCC)C(C)C)OCC(C)(CCCC)CC(CC)OC.C=CC(C)=O. The zero-order valence-electron chi connectivity index (χ0n) is 34.6. The minimum Gasteiger partial charge on any atom is -0.477 e. The summed E-state index contributed by atoms with van der Waals surface area (Å²) in [6.07, 6.45) is 11.6. The third-order valence-electron chi connectivity index (χ3n) is 10.1. The fraction of sp³-hybridized carbons (Fsp3) is 0.543. The molecule has 0 fully saturated rings. The lowest BCUT2D eigenvalue weighted by molar-refractivity contribution is -0.112. The van der Waals surface area contributed by atoms with Crippen molar-refractivity contribution in [2.45, 2.75) is 134 Å². The number of rotatable bonds is 19. The van der Waals surface area contributed by atoms with Crippen molar-refractivity contribution >= 4 is 38.5 Å². The van der Waals surface area contributed by atoms with E-state index in [0.29, 0.717) is 49.9 Å². The first-order valence-electron chi connectivity index (χ1n) is 19.3. The molecule has 0 amide bonds. The lowest BCUT2D eigenvalue weighted by Gasteiger charge is -2.37. The zero-order valence-corrected chi connectivity index (χ0v) is 35.4. The third-order valence-corrected chi connectivity index (χ3v) is 11.2. The van der Waals surface area contributed by atoms with Crippen LogP contribution in [0, 0.1) is 35.4 Å². The summed E-state index contributed by atoms with van der Waals surface area (Å²) in [5.74, 6) is -0.253. The van der Waals surface area contributed by atoms with Gasteiger partial charge in [0.1, 0.15) is 17.7 Å². The Morgan fingerprint density at radius 1 is 1.15 bits per heavy atom. The van der Waals surface area contributed by atoms with Gasteiger partial charge in [0.2, 0.25) is 5.88 Å². The minimum absolute atomic E-state index is 0. The largest absolute Gasteiger partial charge is 0.477 e. The molecule has 3 unspecified atom stereocenters. The number of fused-ring (bicyclic) bond motifs is 1. The first-order valence-corrected chi connectivity index (χ1v) is 20.1. The number of hydrogen-bond donors (Lipinski definition) is 0. The van der Waals surface area contributed by atoms with Gasteiger partial charge < -0.3 is 14.4 Å². The smallest absolute Gasteiger partial charge is 0.206 e. The molecule has 6 nitrogen and oxygen atoms in total. The van der Waals surface area contributed by atoms with E-state index in [0.717, 1.165) is 57.2 Å². The van der Waals surface area contributed by atoms with Crippen LogP contribution in [0.4, 0.5) is 8.78 Å². The van der Waals surface area contributed by atoms with Crippen LogP contribution in [0.5, 0.6) is 0 Å². The average molecular weight is 780 g/mol. The Kier molecular flexibility index (Phi) is 20.8. The lowest BCUT2D eigenvalue weighted by atomic mass is 9.80. The summed E-state index contributed by atoms with van der Waals surface area (Å²) >= 11 is 1.21. The number of methoxy groups -OCH3 is 1. The normalized spacial score (nSPS) is 16.4. The molecule has 1 aliphatic carbocycles. The minimum atomic E-state index is -0.467. The second-order valence-corrected chi connectivity index (χ2v) is 16.0. The van der Waals surface area contributed by atoms with Crippen LogP contribution in [0.25, 0.3) is 15.7 Å². The molecule has 1 aromatic carbocycles. The number of benzene rings is 1. The molecule has 55 heavy (non-hydrogen) atoms. The van der Waals surface area contributed by atoms with Gasteiger partial charge in [-0.3, -0.25) is 4.79 Å². The van der Waals surface area contributed by atoms with Crippen molar-refractivity contribution in [1.82, 2.24) is 4.90 Å². The summed E-state index contributed by atoms with van der Waals surface area (Å²) in [6, 6.07) is 5.38. The van der Waals surface area contributed by atoms with Gasteiger partial charge in [-0.1, -0.05) is 80.9 Å². The predicted molar refractivity (Wildman–Crippen MR) is 230 cm³/mol. The highest BCUT2D eigenvalue weighted by Crippen LogP contribution is 2.42. The molecule has 0 spiro atoms. The van der Waals surface area contributed by atoms with Crippen LogP contribution in [0.1, 0.15) is 131 Å². The lowest BCUT2D eigenvalue weighted by Crippen LogP contribution is -2.38. The molecule has 3 atom stereocenters. The topological polar surface area (TPSA) is 74.9 Å². The maximum atomic E-state index is 16.5. The maximum absolute atomic E-state index is 16.5. The Hall–Kier alpha value is -3.87. The number of unbranched alkanes of at least 4 members (excludes halogenated alkanes) is 1. The van der Waals surface area contributed by atoms with Crippen LogP contribution in [-0.2, 0) is 14.3 Å². The number of halogens is 2. The van der Waals surface area contributed by atoms with E-state index in [9.17, 15) is 14.4 Å². The summed E-state index contributed by atoms with van der Waals surface area (Å²) in [7, 11) is 1.76. The van der Waals surface area contributed by atoms with Crippen LogP contribution in [0.15, 0.2) is 71.5 Å². The molecule has 304 valence electrons. The van der Waals surface area contributed by atoms with E-state index in [4.69, 9.17) is 14.5 Å². The first-order chi connectivity index (χ1) is 25.6. The predicted octanol–water partition coefficient (Wildman–Crippen LogP) is 13.2. The van der Waals surface area contributed by atoms with Gasteiger partial charge in [-0.25, -0.2) is 13.8 Å². The molecule has 1 aliphatic rings. The molecule has 0 saturated carbocycles. The molecule has 0 saturated heterocycles. The van der Waals surface area contributed by atoms with E-state index in [1.54, 1.807) is 26.2 Å². The summed E-state index contributed by atoms with van der Waals surface area (Å²) in [5.41, 5.74) is 3.00. The molecule has 9 heteroatoms. The highest BCUT2D eigenvalue weighted by atomic mass is 32.1. The monoisotopic (exact) mass is 779 g/mol. The van der Waals surface area contributed by atoms with E-state index in [1.165, 1.54) is 36.5 Å². The van der Waals surface area contributed by atoms with Crippen molar-refractivity contribution in [1.29, 1.82) is 5.26 Å². The van der Waals surface area contributed by atoms with Gasteiger partial charge in [0, 0.05) is 52.2 Å². The first kappa shape index (κ1) is 49.1. The Bertz CT molecular complexity index is 1790. The van der Waals surface area contributed by atoms with Crippen molar-refractivity contribution in [3.05, 3.63) is 88.3 Å². The molecule has 1 heterocycles. The zero-order chi connectivity index (χ0) is 40.7. The van der Waals surface area contributed by atoms with E-state index in [1.807, 2.05) is 6.92 Å². The molecule has 0 N–H and O–H groups in total. The molecule has 2 aromatic rings. The van der Waals surface area contributed by atoms with Gasteiger partial charge in [0.05, 0.1) is 28.7 Å². The number of ether oxygens (including phenoxy) is 2. The number of nitriles is 1. The van der Waals surface area contributed by atoms with Gasteiger partial charge in [-0.2, -0.15) is 5.26 Å². The number of ketones is 1. The third kappa shape index (κ3) is 13.1. The number of hydrogen-bond acceptors (Lipinski definition) is 7. The molecular weight excluding hydrogens is 713 g/mol. The van der Waals surface area contributed by atoms with Gasteiger partial charge >= 0.3 is 0 Å². The van der Waals surface area contributed by atoms with Crippen molar-refractivity contribution in [3.63, 3.8) is 0 Å². The van der Waals surface area contributed by atoms with Crippen LogP contribution in [0.2, 0.25) is 0 Å². The quantitative estimate of drug-likeness (QED) is 0.105. The van der Waals surface area contributed by atoms with Crippen molar-refractivity contribution in [2.75, 3.05) is 20.3 Å². The van der Waals surface area contributed by atoms with Crippen LogP contribution in [-0.4, -0.2) is 48.8 Å². The summed E-state index contributed by atoms with van der Waals surface area (Å²) in [6.45, 7) is 29.2. The number of carbonyl (C=O) groups excluding carboxylic acids is 1. The fourth-order valence-corrected chi connectivity index (χ4v) is 8.06. The van der Waals surface area contributed by atoms with Gasteiger partial charge in [-0.05, 0) is 95.7 Å². The van der Waals surface area contributed by atoms with E-state index < -0.39 is 11.6 Å². The molecule has 0 aliphatic heterocycles. The van der Waals surface area contributed by atoms with Crippen molar-refractivity contribution in [3.8, 4) is 6.07 Å². The van der Waals surface area contributed by atoms with Crippen molar-refractivity contribution in [2.24, 2.45) is 16.3 Å². The molecule has 0 radical (unpaired) electrons. The average Bonchev–Trinajstić information content (AvgIpc) is 3.49. The number of nitrogens with zero attached hydrogens (tertiary/aromatic N) is 3. The standard InChI is InChI=1S/C41H57F2N3O2S.C4H6O.CH4/c1-12-16-20-41(10,23-30(14-3)47-11)25-48-29(9)45-37-22-33(31-18-19-35(42)40-39(31)34(24-44)28(8)49-40)36(43)21-32(37)27(7)46(15-4)38(17-13-2)26(5)6;1-3-4(2)5;/h18-19,21-22,26,30,38H,9,12-17,20,23,25H2,1-8,10-11H3;3H,1H2,2H3;1H4/b32-27+,45-37-;;. The van der Waals surface area contributed by atoms with Crippen LogP contribution < -0.4 is 0 Å². The van der Waals surface area contributed by atoms with E-state index >= 15 is 4.39 Å². The number of carbonyl (C=O) groups is 1. The number of thiophene rings is 1. The Morgan fingerprint density at radius 3 is 2.31 bits per heavy atom. The van der Waals surface area contributed by atoms with Crippen LogP contribution in [0.3, 0.4) is 0 Å². The fourth-order valence-electron chi connectivity index (χ4n) is 7.02. The molecule has 0 bridgehead atoms. The van der Waals surface area contributed by atoms with Gasteiger partial charge in [0.15, 0.2) is 5.78 Å².